The van der Waals surface area contributed by atoms with E-state index in [1.54, 1.807) is 6.92 Å². The Morgan fingerprint density at radius 3 is 2.81 bits per heavy atom. The largest absolute Gasteiger partial charge is 0.543 e. The average Bonchev–Trinajstić information content (AvgIpc) is 3.34. The Labute approximate surface area is 192 Å². The number of carboxylic acids is 1. The number of thiazole rings is 1. The molecule has 0 spiro atoms. The molecule has 0 bridgehead atoms. The Morgan fingerprint density at radius 2 is 2.25 bits per heavy atom. The fraction of sp³-hybridized carbons (Fsp3) is 0.550. The van der Waals surface area contributed by atoms with E-state index < -0.39 is 42.9 Å². The molecule has 2 aliphatic heterocycles. The molecule has 4 rings (SSSR count). The van der Waals surface area contributed by atoms with Gasteiger partial charge in [-0.1, -0.05) is 30.0 Å². The second-order valence-electron chi connectivity index (χ2n) is 8.02. The van der Waals surface area contributed by atoms with Gasteiger partial charge in [0.1, 0.15) is 18.8 Å². The number of imidazole rings is 1. The Balaban J connectivity index is 1.74. The minimum Gasteiger partial charge on any atom is -0.543 e. The molecule has 2 aromatic heterocycles. The molecule has 1 fully saturated rings. The van der Waals surface area contributed by atoms with Gasteiger partial charge in [0, 0.05) is 18.0 Å². The normalized spacial score (nSPS) is 24.8. The molecular formula is C20H25FN4O5S2. The van der Waals surface area contributed by atoms with Crippen LogP contribution in [0.4, 0.5) is 4.39 Å². The summed E-state index contributed by atoms with van der Waals surface area (Å²) in [5.74, 6) is -2.69. The molecule has 2 aromatic rings. The zero-order valence-corrected chi connectivity index (χ0v) is 19.5. The number of hydrogen-bond acceptors (Lipinski definition) is 8. The lowest BCUT2D eigenvalue weighted by molar-refractivity contribution is -0.736. The summed E-state index contributed by atoms with van der Waals surface area (Å²) >= 11 is 2.91. The van der Waals surface area contributed by atoms with Gasteiger partial charge in [-0.3, -0.25) is 4.79 Å². The van der Waals surface area contributed by atoms with Gasteiger partial charge < -0.3 is 30.4 Å². The molecular weight excluding hydrogens is 459 g/mol. The maximum atomic E-state index is 12.6. The number of fused-ring (bicyclic) bond motifs is 2. The molecule has 1 amide bonds. The number of carbonyl (C=O) groups excluding carboxylic acids is 2. The highest BCUT2D eigenvalue weighted by Crippen LogP contribution is 2.51. The molecule has 0 aliphatic carbocycles. The molecule has 0 aromatic carbocycles. The predicted octanol–water partition coefficient (Wildman–Crippen LogP) is -0.400. The molecule has 1 saturated heterocycles. The van der Waals surface area contributed by atoms with Gasteiger partial charge in [0.2, 0.25) is 15.8 Å². The maximum Gasteiger partial charge on any atom is 0.250 e. The average molecular weight is 485 g/mol. The number of rotatable bonds is 9. The van der Waals surface area contributed by atoms with Crippen molar-refractivity contribution in [3.63, 3.8) is 0 Å². The Hall–Kier alpha value is -1.99. The summed E-state index contributed by atoms with van der Waals surface area (Å²) in [6, 6.07) is -0.403. The maximum absolute atomic E-state index is 12.6. The fourth-order valence-electron chi connectivity index (χ4n) is 4.78. The van der Waals surface area contributed by atoms with E-state index >= 15 is 0 Å². The third-order valence-electron chi connectivity index (χ3n) is 6.19. The summed E-state index contributed by atoms with van der Waals surface area (Å²) in [6.45, 7) is 3.06. The van der Waals surface area contributed by atoms with Crippen LogP contribution in [0, 0.1) is 11.8 Å². The number of halogens is 1. The van der Waals surface area contributed by atoms with Crippen molar-refractivity contribution < 1.29 is 33.5 Å². The highest BCUT2D eigenvalue weighted by molar-refractivity contribution is 7.98. The second-order valence-corrected chi connectivity index (χ2v) is 9.85. The van der Waals surface area contributed by atoms with Gasteiger partial charge in [-0.2, -0.15) is 4.40 Å². The molecule has 5 atom stereocenters. The number of hydrogen-bond donors (Lipinski definition) is 2. The zero-order chi connectivity index (χ0) is 23.3. The number of amides is 1. The first-order valence-electron chi connectivity index (χ1n) is 10.2. The summed E-state index contributed by atoms with van der Waals surface area (Å²) in [6.07, 6.45) is 4.24. The van der Waals surface area contributed by atoms with Crippen molar-refractivity contribution in [2.45, 2.75) is 43.7 Å². The van der Waals surface area contributed by atoms with E-state index in [-0.39, 0.29) is 18.2 Å². The molecule has 3 N–H and O–H groups in total. The third kappa shape index (κ3) is 3.45. The van der Waals surface area contributed by atoms with Crippen LogP contribution in [0.3, 0.4) is 0 Å². The van der Waals surface area contributed by atoms with Gasteiger partial charge >= 0.3 is 0 Å². The number of aromatic nitrogens is 2. The minimum absolute atomic E-state index is 0.118. The monoisotopic (exact) mass is 484 g/mol. The van der Waals surface area contributed by atoms with Crippen molar-refractivity contribution in [3.05, 3.63) is 23.1 Å². The van der Waals surface area contributed by atoms with E-state index in [4.69, 9.17) is 10.5 Å². The van der Waals surface area contributed by atoms with Crippen LogP contribution in [0.2, 0.25) is 0 Å². The second kappa shape index (κ2) is 8.75. The Bertz CT molecular complexity index is 1100. The topological polar surface area (TPSA) is 124 Å². The number of nitrogens with zero attached hydrogens (tertiary/aromatic N) is 3. The van der Waals surface area contributed by atoms with Crippen LogP contribution in [0.25, 0.3) is 10.4 Å². The van der Waals surface area contributed by atoms with Crippen LogP contribution < -0.4 is 15.4 Å². The first-order valence-corrected chi connectivity index (χ1v) is 12.2. The number of alkyl halides is 1. The Morgan fingerprint density at radius 1 is 1.53 bits per heavy atom. The van der Waals surface area contributed by atoms with Gasteiger partial charge in [0.05, 0.1) is 34.6 Å². The molecule has 174 valence electrons. The van der Waals surface area contributed by atoms with Gasteiger partial charge in [0.15, 0.2) is 6.86 Å². The lowest BCUT2D eigenvalue weighted by Crippen LogP contribution is -2.64. The van der Waals surface area contributed by atoms with Gasteiger partial charge in [-0.25, -0.2) is 8.96 Å². The van der Waals surface area contributed by atoms with Crippen molar-refractivity contribution in [1.29, 1.82) is 0 Å². The number of β-lactam (4-membered cyclic amide) rings is 1. The lowest BCUT2D eigenvalue weighted by atomic mass is 9.77. The molecule has 2 aliphatic rings. The van der Waals surface area contributed by atoms with Gasteiger partial charge in [0.25, 0.3) is 6.33 Å². The van der Waals surface area contributed by atoms with Crippen LogP contribution in [0.1, 0.15) is 18.7 Å². The summed E-state index contributed by atoms with van der Waals surface area (Å²) in [5.41, 5.74) is 6.10. The number of thioether (sulfide) groups is 1. The molecule has 32 heavy (non-hydrogen) atoms. The summed E-state index contributed by atoms with van der Waals surface area (Å²) < 4.78 is 21.4. The van der Waals surface area contributed by atoms with Crippen molar-refractivity contribution in [2.24, 2.45) is 17.6 Å². The molecule has 9 nitrogen and oxygen atoms in total. The summed E-state index contributed by atoms with van der Waals surface area (Å²) in [7, 11) is 0. The zero-order valence-electron chi connectivity index (χ0n) is 17.9. The first-order chi connectivity index (χ1) is 15.2. The van der Waals surface area contributed by atoms with Crippen LogP contribution in [0.5, 0.6) is 0 Å². The molecule has 12 heteroatoms. The first kappa shape index (κ1) is 23.2. The van der Waals surface area contributed by atoms with Gasteiger partial charge in [-0.15, -0.1) is 0 Å². The van der Waals surface area contributed by atoms with Crippen LogP contribution in [-0.4, -0.2) is 64.2 Å². The van der Waals surface area contributed by atoms with Crippen LogP contribution >= 0.6 is 23.1 Å². The SMILES string of the molecule is CSc1c2sc(C3=C(C(=O)[O-])N4C(=O)[C@H]([C@@H](C)O)[C@@H]4[C@H]3C)cn2c[n+]1C[C@@H](CN)OCF. The fourth-order valence-corrected chi connectivity index (χ4v) is 6.97. The van der Waals surface area contributed by atoms with E-state index in [1.165, 1.54) is 28.0 Å². The van der Waals surface area contributed by atoms with Crippen LogP contribution in [-0.2, 0) is 20.9 Å². The molecule has 0 saturated carbocycles. The molecule has 4 heterocycles. The van der Waals surface area contributed by atoms with Crippen molar-refractivity contribution >= 4 is 45.4 Å². The lowest BCUT2D eigenvalue weighted by Gasteiger charge is -2.47. The number of nitrogens with two attached hydrogens (primary N) is 1. The van der Waals surface area contributed by atoms with E-state index in [2.05, 4.69) is 0 Å². The van der Waals surface area contributed by atoms with Gasteiger partial charge in [-0.05, 0) is 13.2 Å². The number of carboxylic acid groups (broad SMARTS) is 1. The van der Waals surface area contributed by atoms with Crippen LogP contribution in [0.15, 0.2) is 23.2 Å². The smallest absolute Gasteiger partial charge is 0.250 e. The minimum atomic E-state index is -1.40. The van der Waals surface area contributed by atoms with Crippen molar-refractivity contribution in [1.82, 2.24) is 9.30 Å². The van der Waals surface area contributed by atoms with E-state index in [9.17, 15) is 24.2 Å². The highest BCUT2D eigenvalue weighted by Gasteiger charge is 2.59. The quantitative estimate of drug-likeness (QED) is 0.282. The highest BCUT2D eigenvalue weighted by atomic mass is 32.2. The number of aliphatic hydroxyl groups excluding tert-OH is 1. The number of aliphatic hydroxyl groups is 1. The van der Waals surface area contributed by atoms with Crippen molar-refractivity contribution in [2.75, 3.05) is 19.7 Å². The summed E-state index contributed by atoms with van der Waals surface area (Å²) in [5, 5.41) is 22.9. The standard InChI is InChI=1S/C20H25FN4O5S2/c1-9-13(16(20(28)29)25-15(9)14(10(2)26)17(25)27)12-6-24-8-23(5-11(4-22)30-7-21)18(31-3)19(24)32-12/h6,8-11,14-15,26H,4-5,7,22H2,1-3H3/t9-,10+,11+,14+,15-/m0/s1. The summed E-state index contributed by atoms with van der Waals surface area (Å²) in [4.78, 5) is 27.4. The van der Waals surface area contributed by atoms with Crippen molar-refractivity contribution in [3.8, 4) is 0 Å². The molecule has 0 unspecified atom stereocenters. The Kier molecular flexibility index (Phi) is 6.34. The third-order valence-corrected chi connectivity index (χ3v) is 8.28. The van der Waals surface area contributed by atoms with E-state index in [0.717, 1.165) is 14.7 Å². The predicted molar refractivity (Wildman–Crippen MR) is 114 cm³/mol. The number of aliphatic carboxylic acids is 1. The number of ether oxygens (including phenoxy) is 1. The number of carbonyl (C=O) groups is 2. The molecule has 0 radical (unpaired) electrons. The van der Waals surface area contributed by atoms with E-state index in [0.29, 0.717) is 12.1 Å². The van der Waals surface area contributed by atoms with E-state index in [1.807, 2.05) is 34.7 Å².